The highest BCUT2D eigenvalue weighted by molar-refractivity contribution is 7.89. The molecule has 1 atom stereocenters. The molecule has 0 unspecified atom stereocenters. The van der Waals surface area contributed by atoms with E-state index >= 15 is 0 Å². The minimum Gasteiger partial charge on any atom is -0.380 e. The number of benzene rings is 1. The third-order valence-electron chi connectivity index (χ3n) is 6.42. The van der Waals surface area contributed by atoms with Gasteiger partial charge in [-0.05, 0) is 42.7 Å². The number of nitrogens with one attached hydrogen (secondary N) is 2. The van der Waals surface area contributed by atoms with Crippen LogP contribution in [0.15, 0.2) is 35.2 Å². The van der Waals surface area contributed by atoms with Gasteiger partial charge in [-0.3, -0.25) is 14.4 Å². The molecule has 212 valence electrons. The number of morpholine rings is 1. The molecule has 3 heterocycles. The van der Waals surface area contributed by atoms with Crippen molar-refractivity contribution in [1.29, 1.82) is 0 Å². The Hall–Kier alpha value is -2.55. The Kier molecular flexibility index (Phi) is 9.96. The summed E-state index contributed by atoms with van der Waals surface area (Å²) in [6.45, 7) is 3.64. The summed E-state index contributed by atoms with van der Waals surface area (Å²) in [5, 5.41) is 2.66. The summed E-state index contributed by atoms with van der Waals surface area (Å²) in [5.74, 6) is -1.19. The molecule has 14 heteroatoms. The highest BCUT2D eigenvalue weighted by Crippen LogP contribution is 2.29. The fraction of sp³-hybridized carbons (Fsp3) is 0.480. The van der Waals surface area contributed by atoms with Gasteiger partial charge in [-0.1, -0.05) is 24.6 Å². The molecule has 1 aromatic heterocycles. The normalized spacial score (nSPS) is 17.5. The molecular formula is C25H31ClN4O7S2. The van der Waals surface area contributed by atoms with Gasteiger partial charge in [0, 0.05) is 38.5 Å². The maximum atomic E-state index is 13.7. The van der Waals surface area contributed by atoms with E-state index in [2.05, 4.69) is 10.0 Å². The first-order valence-electron chi connectivity index (χ1n) is 12.6. The van der Waals surface area contributed by atoms with Crippen LogP contribution in [0.3, 0.4) is 0 Å². The molecule has 39 heavy (non-hydrogen) atoms. The Bertz CT molecular complexity index is 1310. The fourth-order valence-electron chi connectivity index (χ4n) is 4.52. The number of ether oxygens (including phenoxy) is 2. The third-order valence-corrected chi connectivity index (χ3v) is 9.21. The molecular weight excluding hydrogens is 568 g/mol. The number of carbonyl (C=O) groups is 3. The number of nitrogens with zero attached hydrogens (tertiary/aromatic N) is 2. The standard InChI is InChI=1S/C25H31ClN4O7S2/c1-2-17-19(30-11-14-37-16-23(30)31)5-3-6-21(17)39(34,35)28-18(25(33)29-9-4-12-36-13-10-29)15-27-24(32)20-7-8-22(26)38-20/h3,5-8,18,28H,2,4,9-16H2,1H3,(H,27,32)/t18-/m0/s1. The lowest BCUT2D eigenvalue weighted by atomic mass is 10.1. The molecule has 0 aliphatic carbocycles. The van der Waals surface area contributed by atoms with Gasteiger partial charge < -0.3 is 24.6 Å². The van der Waals surface area contributed by atoms with Crippen molar-refractivity contribution in [3.63, 3.8) is 0 Å². The number of halogens is 1. The predicted molar refractivity (Wildman–Crippen MR) is 147 cm³/mol. The molecule has 0 spiro atoms. The molecule has 0 bridgehead atoms. The van der Waals surface area contributed by atoms with Crippen molar-refractivity contribution in [2.45, 2.75) is 30.7 Å². The number of hydrogen-bond acceptors (Lipinski definition) is 8. The molecule has 2 aliphatic heterocycles. The van der Waals surface area contributed by atoms with Gasteiger partial charge in [0.25, 0.3) is 11.8 Å². The van der Waals surface area contributed by atoms with Gasteiger partial charge in [-0.2, -0.15) is 4.72 Å². The molecule has 2 fully saturated rings. The Morgan fingerprint density at radius 3 is 2.62 bits per heavy atom. The van der Waals surface area contributed by atoms with Crippen LogP contribution in [0.4, 0.5) is 5.69 Å². The zero-order chi connectivity index (χ0) is 28.0. The maximum absolute atomic E-state index is 13.7. The quantitative estimate of drug-likeness (QED) is 0.448. The first-order valence-corrected chi connectivity index (χ1v) is 15.3. The summed E-state index contributed by atoms with van der Waals surface area (Å²) in [4.78, 5) is 42.1. The predicted octanol–water partition coefficient (Wildman–Crippen LogP) is 1.65. The molecule has 3 amide bonds. The van der Waals surface area contributed by atoms with Crippen LogP contribution in [0.5, 0.6) is 0 Å². The van der Waals surface area contributed by atoms with Gasteiger partial charge in [0.05, 0.1) is 27.3 Å². The number of hydrogen-bond donors (Lipinski definition) is 2. The molecule has 2 aromatic rings. The largest absolute Gasteiger partial charge is 0.380 e. The van der Waals surface area contributed by atoms with Crippen LogP contribution in [0, 0.1) is 0 Å². The lowest BCUT2D eigenvalue weighted by Crippen LogP contribution is -2.54. The average Bonchev–Trinajstić information content (AvgIpc) is 3.18. The van der Waals surface area contributed by atoms with Crippen molar-refractivity contribution in [3.05, 3.63) is 45.1 Å². The highest BCUT2D eigenvalue weighted by atomic mass is 35.5. The molecule has 0 saturated carbocycles. The average molecular weight is 599 g/mol. The summed E-state index contributed by atoms with van der Waals surface area (Å²) in [6.07, 6.45) is 0.940. The smallest absolute Gasteiger partial charge is 0.261 e. The summed E-state index contributed by atoms with van der Waals surface area (Å²) >= 11 is 7.02. The van der Waals surface area contributed by atoms with Crippen molar-refractivity contribution in [2.75, 3.05) is 57.5 Å². The van der Waals surface area contributed by atoms with Gasteiger partial charge >= 0.3 is 0 Å². The van der Waals surface area contributed by atoms with E-state index in [1.807, 2.05) is 0 Å². The molecule has 11 nitrogen and oxygen atoms in total. The van der Waals surface area contributed by atoms with Crippen molar-refractivity contribution in [1.82, 2.24) is 14.9 Å². The fourth-order valence-corrected chi connectivity index (χ4v) is 7.00. The minimum absolute atomic E-state index is 0.0323. The van der Waals surface area contributed by atoms with Crippen molar-refractivity contribution < 1.29 is 32.3 Å². The maximum Gasteiger partial charge on any atom is 0.261 e. The Morgan fingerprint density at radius 2 is 1.90 bits per heavy atom. The van der Waals surface area contributed by atoms with E-state index < -0.39 is 27.9 Å². The van der Waals surface area contributed by atoms with Crippen LogP contribution in [0.2, 0.25) is 4.34 Å². The number of thiophene rings is 1. The number of rotatable bonds is 9. The van der Waals surface area contributed by atoms with E-state index in [1.54, 1.807) is 31.2 Å². The minimum atomic E-state index is -4.25. The van der Waals surface area contributed by atoms with Gasteiger partial charge in [0.2, 0.25) is 15.9 Å². The molecule has 2 N–H and O–H groups in total. The topological polar surface area (TPSA) is 134 Å². The zero-order valence-electron chi connectivity index (χ0n) is 21.5. The molecule has 0 radical (unpaired) electrons. The van der Waals surface area contributed by atoms with E-state index in [9.17, 15) is 22.8 Å². The van der Waals surface area contributed by atoms with E-state index in [1.165, 1.54) is 15.9 Å². The molecule has 2 saturated heterocycles. The summed E-state index contributed by atoms with van der Waals surface area (Å²) in [7, 11) is -4.25. The van der Waals surface area contributed by atoms with Gasteiger partial charge in [0.1, 0.15) is 12.6 Å². The van der Waals surface area contributed by atoms with Gasteiger partial charge in [0.15, 0.2) is 0 Å². The van der Waals surface area contributed by atoms with Crippen molar-refractivity contribution in [3.8, 4) is 0 Å². The van der Waals surface area contributed by atoms with Crippen LogP contribution in [-0.2, 0) is 35.5 Å². The summed E-state index contributed by atoms with van der Waals surface area (Å²) < 4.78 is 41.1. The summed E-state index contributed by atoms with van der Waals surface area (Å²) in [5.41, 5.74) is 0.941. The lowest BCUT2D eigenvalue weighted by Gasteiger charge is -2.30. The molecule has 2 aliphatic rings. The van der Waals surface area contributed by atoms with E-state index in [0.29, 0.717) is 72.8 Å². The summed E-state index contributed by atoms with van der Waals surface area (Å²) in [6, 6.07) is 6.59. The van der Waals surface area contributed by atoms with Gasteiger partial charge in [-0.15, -0.1) is 11.3 Å². The Balaban J connectivity index is 1.61. The second-order valence-corrected chi connectivity index (χ2v) is 12.4. The number of carbonyl (C=O) groups excluding carboxylic acids is 3. The zero-order valence-corrected chi connectivity index (χ0v) is 23.9. The Labute approximate surface area is 236 Å². The second kappa shape index (κ2) is 13.2. The molecule has 4 rings (SSSR count). The first-order chi connectivity index (χ1) is 18.7. The van der Waals surface area contributed by atoms with Crippen LogP contribution in [0.25, 0.3) is 0 Å². The monoisotopic (exact) mass is 598 g/mol. The number of amides is 3. The van der Waals surface area contributed by atoms with Crippen molar-refractivity contribution in [2.24, 2.45) is 0 Å². The molecule has 1 aromatic carbocycles. The SMILES string of the molecule is CCc1c(N2CCOCC2=O)cccc1S(=O)(=O)N[C@@H](CNC(=O)c1ccc(Cl)s1)C(=O)N1CCCOCC1. The van der Waals surface area contributed by atoms with E-state index in [0.717, 1.165) is 11.3 Å². The van der Waals surface area contributed by atoms with Crippen LogP contribution < -0.4 is 14.9 Å². The number of sulfonamides is 1. The lowest BCUT2D eigenvalue weighted by molar-refractivity contribution is -0.132. The van der Waals surface area contributed by atoms with Crippen LogP contribution >= 0.6 is 22.9 Å². The Morgan fingerprint density at radius 1 is 1.10 bits per heavy atom. The highest BCUT2D eigenvalue weighted by Gasteiger charge is 2.33. The first kappa shape index (κ1) is 29.4. The van der Waals surface area contributed by atoms with E-state index in [4.69, 9.17) is 21.1 Å². The van der Waals surface area contributed by atoms with Crippen molar-refractivity contribution >= 4 is 56.4 Å². The van der Waals surface area contributed by atoms with Crippen LogP contribution in [-0.4, -0.2) is 89.7 Å². The number of anilines is 1. The third kappa shape index (κ3) is 7.16. The second-order valence-electron chi connectivity index (χ2n) is 8.98. The van der Waals surface area contributed by atoms with Crippen LogP contribution in [0.1, 0.15) is 28.6 Å². The van der Waals surface area contributed by atoms with Gasteiger partial charge in [-0.25, -0.2) is 8.42 Å². The van der Waals surface area contributed by atoms with E-state index in [-0.39, 0.29) is 24.0 Å².